The number of nitrogens with two attached hydrogens (primary N) is 1. The molecule has 0 saturated carbocycles. The van der Waals surface area contributed by atoms with Crippen LogP contribution in [0.4, 0.5) is 0 Å². The lowest BCUT2D eigenvalue weighted by atomic mass is 10.0. The van der Waals surface area contributed by atoms with Gasteiger partial charge in [0.2, 0.25) is 0 Å². The average Bonchev–Trinajstić information content (AvgIpc) is 2.19. The van der Waals surface area contributed by atoms with Gasteiger partial charge in [-0.2, -0.15) is 0 Å². The molecule has 2 unspecified atom stereocenters. The lowest BCUT2D eigenvalue weighted by Gasteiger charge is -2.35. The zero-order valence-electron chi connectivity index (χ0n) is 7.25. The van der Waals surface area contributed by atoms with Gasteiger partial charge in [-0.25, -0.2) is 5.84 Å². The second kappa shape index (κ2) is 4.82. The zero-order chi connectivity index (χ0) is 10.7. The molecule has 82 valence electrons. The summed E-state index contributed by atoms with van der Waals surface area (Å²) in [6.07, 6.45) is -4.49. The second-order valence-electron chi connectivity index (χ2n) is 2.92. The highest BCUT2D eigenvalue weighted by Crippen LogP contribution is 2.13. The number of ether oxygens (including phenoxy) is 1. The number of hydrogen-bond acceptors (Lipinski definition) is 6. The predicted molar refractivity (Wildman–Crippen MR) is 50.8 cm³/mol. The third-order valence-electron chi connectivity index (χ3n) is 1.91. The van der Waals surface area contributed by atoms with E-state index in [0.717, 1.165) is 0 Å². The number of thiocarbonyl (C=S) groups is 1. The van der Waals surface area contributed by atoms with Gasteiger partial charge in [-0.1, -0.05) is 0 Å². The fourth-order valence-electron chi connectivity index (χ4n) is 1.10. The first kappa shape index (κ1) is 11.6. The Morgan fingerprint density at radius 1 is 1.36 bits per heavy atom. The third-order valence-corrected chi connectivity index (χ3v) is 2.14. The van der Waals surface area contributed by atoms with Gasteiger partial charge in [-0.05, 0) is 12.2 Å². The average molecular weight is 223 g/mol. The van der Waals surface area contributed by atoms with Crippen LogP contribution in [0, 0.1) is 0 Å². The molecule has 1 aliphatic rings. The maximum atomic E-state index is 9.43. The number of aliphatic hydroxyl groups is 3. The zero-order valence-corrected chi connectivity index (χ0v) is 8.07. The summed E-state index contributed by atoms with van der Waals surface area (Å²) in [5.74, 6) is 4.99. The molecule has 0 amide bonds. The first-order chi connectivity index (χ1) is 6.56. The Hall–Kier alpha value is -0.510. The van der Waals surface area contributed by atoms with Crippen molar-refractivity contribution in [3.05, 3.63) is 0 Å². The van der Waals surface area contributed by atoms with Gasteiger partial charge in [-0.3, -0.25) is 0 Å². The minimum absolute atomic E-state index is 0.0803. The largest absolute Gasteiger partial charge is 0.388 e. The summed E-state index contributed by atoms with van der Waals surface area (Å²) in [5, 5.41) is 30.4. The van der Waals surface area contributed by atoms with Gasteiger partial charge < -0.3 is 30.8 Å². The molecule has 0 aromatic carbocycles. The van der Waals surface area contributed by atoms with Crippen LogP contribution in [0.2, 0.25) is 0 Å². The lowest BCUT2D eigenvalue weighted by molar-refractivity contribution is -0.190. The summed E-state index contributed by atoms with van der Waals surface area (Å²) in [5.41, 5.74) is 2.14. The summed E-state index contributed by atoms with van der Waals surface area (Å²) in [6.45, 7) is -0.0803. The predicted octanol–water partition coefficient (Wildman–Crippen LogP) is -3.24. The van der Waals surface area contributed by atoms with Crippen molar-refractivity contribution in [3.8, 4) is 0 Å². The van der Waals surface area contributed by atoms with Gasteiger partial charge in [0.1, 0.15) is 18.3 Å². The topological polar surface area (TPSA) is 120 Å². The van der Waals surface area contributed by atoms with Crippen LogP contribution in [0.3, 0.4) is 0 Å². The van der Waals surface area contributed by atoms with E-state index in [0.29, 0.717) is 0 Å². The molecule has 1 aliphatic heterocycles. The van der Waals surface area contributed by atoms with Gasteiger partial charge in [0.25, 0.3) is 0 Å². The molecule has 1 saturated heterocycles. The Kier molecular flexibility index (Phi) is 3.98. The quantitative estimate of drug-likeness (QED) is 0.156. The van der Waals surface area contributed by atoms with Crippen LogP contribution in [-0.4, -0.2) is 51.6 Å². The molecule has 4 atom stereocenters. The van der Waals surface area contributed by atoms with E-state index < -0.39 is 24.5 Å². The van der Waals surface area contributed by atoms with Crippen LogP contribution in [0.1, 0.15) is 0 Å². The van der Waals surface area contributed by atoms with Crippen LogP contribution in [0.5, 0.6) is 0 Å². The molecule has 1 rings (SSSR count). The summed E-state index contributed by atoms with van der Waals surface area (Å²) < 4.78 is 4.99. The second-order valence-corrected chi connectivity index (χ2v) is 3.33. The number of aliphatic hydroxyl groups excluding tert-OH is 3. The molecular weight excluding hydrogens is 210 g/mol. The maximum absolute atomic E-state index is 9.43. The SMILES string of the molecule is NNC(=S)NC1OC[C@H](O)[C@@H](O)C1O. The number of rotatable bonds is 1. The monoisotopic (exact) mass is 223 g/mol. The molecule has 0 spiro atoms. The van der Waals surface area contributed by atoms with E-state index in [1.165, 1.54) is 0 Å². The van der Waals surface area contributed by atoms with Crippen LogP contribution < -0.4 is 16.6 Å². The maximum Gasteiger partial charge on any atom is 0.182 e. The van der Waals surface area contributed by atoms with E-state index in [-0.39, 0.29) is 11.7 Å². The van der Waals surface area contributed by atoms with Crippen LogP contribution >= 0.6 is 12.2 Å². The summed E-state index contributed by atoms with van der Waals surface area (Å²) >= 11 is 4.67. The fraction of sp³-hybridized carbons (Fsp3) is 0.833. The Balaban J connectivity index is 2.50. The Labute approximate surface area is 85.8 Å². The van der Waals surface area contributed by atoms with Crippen molar-refractivity contribution < 1.29 is 20.1 Å². The van der Waals surface area contributed by atoms with E-state index in [1.54, 1.807) is 0 Å². The standard InChI is InChI=1S/C6H13N3O4S/c7-9-6(14)8-5-4(12)3(11)2(10)1-13-5/h2-5,10-12H,1,7H2,(H2,8,9,14)/t2-,3+,4?,5?/m0/s1. The van der Waals surface area contributed by atoms with Gasteiger partial charge in [0, 0.05) is 0 Å². The molecule has 8 heteroatoms. The van der Waals surface area contributed by atoms with Crippen molar-refractivity contribution in [1.29, 1.82) is 0 Å². The molecule has 7 nitrogen and oxygen atoms in total. The van der Waals surface area contributed by atoms with Crippen molar-refractivity contribution in [2.75, 3.05) is 6.61 Å². The Morgan fingerprint density at radius 2 is 2.00 bits per heavy atom. The molecule has 0 radical (unpaired) electrons. The van der Waals surface area contributed by atoms with E-state index in [4.69, 9.17) is 15.7 Å². The number of nitrogens with one attached hydrogen (secondary N) is 2. The van der Waals surface area contributed by atoms with E-state index in [9.17, 15) is 10.2 Å². The Morgan fingerprint density at radius 3 is 2.57 bits per heavy atom. The van der Waals surface area contributed by atoms with Gasteiger partial charge in [-0.15, -0.1) is 0 Å². The van der Waals surface area contributed by atoms with Gasteiger partial charge in [0.15, 0.2) is 11.3 Å². The molecule has 7 N–H and O–H groups in total. The first-order valence-electron chi connectivity index (χ1n) is 3.99. The van der Waals surface area contributed by atoms with Crippen LogP contribution in [0.15, 0.2) is 0 Å². The first-order valence-corrected chi connectivity index (χ1v) is 4.40. The molecule has 0 bridgehead atoms. The highest BCUT2D eigenvalue weighted by molar-refractivity contribution is 7.80. The minimum Gasteiger partial charge on any atom is -0.388 e. The summed E-state index contributed by atoms with van der Waals surface area (Å²) in [7, 11) is 0. The third kappa shape index (κ3) is 2.50. The van der Waals surface area contributed by atoms with Crippen molar-refractivity contribution in [1.82, 2.24) is 10.7 Å². The highest BCUT2D eigenvalue weighted by atomic mass is 32.1. The van der Waals surface area contributed by atoms with Gasteiger partial charge in [0.05, 0.1) is 6.61 Å². The fourth-order valence-corrected chi connectivity index (χ4v) is 1.22. The van der Waals surface area contributed by atoms with Gasteiger partial charge >= 0.3 is 0 Å². The molecular formula is C6H13N3O4S. The van der Waals surface area contributed by atoms with E-state index >= 15 is 0 Å². The molecule has 1 heterocycles. The minimum atomic E-state index is -1.26. The van der Waals surface area contributed by atoms with Crippen LogP contribution in [0.25, 0.3) is 0 Å². The summed E-state index contributed by atoms with van der Waals surface area (Å²) in [4.78, 5) is 0. The lowest BCUT2D eigenvalue weighted by Crippen LogP contribution is -2.60. The highest BCUT2D eigenvalue weighted by Gasteiger charge is 2.37. The molecule has 0 aromatic rings. The van der Waals surface area contributed by atoms with Crippen molar-refractivity contribution in [2.45, 2.75) is 24.5 Å². The van der Waals surface area contributed by atoms with Crippen molar-refractivity contribution in [3.63, 3.8) is 0 Å². The molecule has 1 fully saturated rings. The smallest absolute Gasteiger partial charge is 0.182 e. The van der Waals surface area contributed by atoms with Crippen molar-refractivity contribution in [2.24, 2.45) is 5.84 Å². The number of hydrogen-bond donors (Lipinski definition) is 6. The normalized spacial score (nSPS) is 37.7. The van der Waals surface area contributed by atoms with E-state index in [1.807, 2.05) is 0 Å². The Bertz CT molecular complexity index is 217. The molecule has 0 aromatic heterocycles. The molecule has 14 heavy (non-hydrogen) atoms. The van der Waals surface area contributed by atoms with Crippen molar-refractivity contribution >= 4 is 17.3 Å². The van der Waals surface area contributed by atoms with E-state index in [2.05, 4.69) is 23.0 Å². The molecule has 0 aliphatic carbocycles. The number of hydrazine groups is 1. The summed E-state index contributed by atoms with van der Waals surface area (Å²) in [6, 6.07) is 0. The van der Waals surface area contributed by atoms with Crippen LogP contribution in [-0.2, 0) is 4.74 Å².